The maximum Gasteiger partial charge on any atom is 0.252 e. The van der Waals surface area contributed by atoms with Crippen molar-refractivity contribution in [2.75, 3.05) is 14.7 Å². The molecule has 364 valence electrons. The van der Waals surface area contributed by atoms with E-state index in [0.717, 1.165) is 63.2 Å². The molecule has 2 aliphatic carbocycles. The number of rotatable bonds is 5. The Bertz CT molecular complexity index is 3700. The van der Waals surface area contributed by atoms with Crippen LogP contribution in [0.3, 0.4) is 0 Å². The van der Waals surface area contributed by atoms with Gasteiger partial charge >= 0.3 is 0 Å². The zero-order chi connectivity index (χ0) is 50.7. The van der Waals surface area contributed by atoms with Gasteiger partial charge in [0.1, 0.15) is 5.58 Å². The van der Waals surface area contributed by atoms with Crippen LogP contribution in [0.5, 0.6) is 0 Å². The van der Waals surface area contributed by atoms with E-state index in [4.69, 9.17) is 4.42 Å². The molecular weight excluding hydrogens is 886 g/mol. The molecule has 0 fully saturated rings. The first kappa shape index (κ1) is 45.9. The quantitative estimate of drug-likeness (QED) is 0.160. The van der Waals surface area contributed by atoms with Gasteiger partial charge in [-0.05, 0) is 182 Å². The molecular formula is C68H68BN3O. The van der Waals surface area contributed by atoms with Gasteiger partial charge in [-0.1, -0.05) is 155 Å². The van der Waals surface area contributed by atoms with Crippen LogP contribution in [0.1, 0.15) is 129 Å². The second kappa shape index (κ2) is 15.5. The average Bonchev–Trinajstić information content (AvgIpc) is 3.83. The first-order valence-corrected chi connectivity index (χ1v) is 26.8. The molecule has 1 aromatic heterocycles. The summed E-state index contributed by atoms with van der Waals surface area (Å²) in [6.07, 6.45) is 3.45. The molecule has 73 heavy (non-hydrogen) atoms. The fraction of sp³-hybridized carbons (Fsp3) is 0.294. The Morgan fingerprint density at radius 3 is 1.77 bits per heavy atom. The summed E-state index contributed by atoms with van der Waals surface area (Å²) in [5, 5.41) is 2.26. The Kier molecular flexibility index (Phi) is 9.75. The number of furan rings is 1. The van der Waals surface area contributed by atoms with E-state index < -0.39 is 0 Å². The molecule has 0 spiro atoms. The smallest absolute Gasteiger partial charge is 0.252 e. The molecule has 4 nitrogen and oxygen atoms in total. The van der Waals surface area contributed by atoms with Crippen LogP contribution in [-0.2, 0) is 27.1 Å². The standard InChI is InChI=1S/C68H68BN3O/c1-42-34-59-62-60(35-42)72(56-25-19-24-49-48-29-26-43(64(2,3)4)36-61(48)73-63(49)56)57-38-47(70(44-20-15-13-16-21-44)45-22-17-14-18-23-45)28-31-54(57)69(62)55-39-52-53(68(11,12)41-67(52,9)10)40-58(55)71(59)46-27-30-50-51(37-46)66(7,8)33-32-65(50,5)6/h13-31,34-40H,32-33,41H2,1-12H3. The third-order valence-electron chi connectivity index (χ3n) is 17.6. The lowest BCUT2D eigenvalue weighted by atomic mass is 9.33. The third kappa shape index (κ3) is 6.93. The lowest BCUT2D eigenvalue weighted by molar-refractivity contribution is 0.332. The largest absolute Gasteiger partial charge is 0.454 e. The SMILES string of the molecule is Cc1cc2c3c(c1)N(c1cccc4c1oc1cc(C(C)(C)C)ccc14)c1cc(N(c4ccccc4)c4ccccc4)ccc1B3c1cc3c(cc1N2c1ccc2c(c1)C(C)(C)CCC2(C)C)C(C)(C)CC3(C)C. The van der Waals surface area contributed by atoms with Gasteiger partial charge in [-0.2, -0.15) is 0 Å². The maximum absolute atomic E-state index is 7.21. The Hall–Kier alpha value is -6.98. The van der Waals surface area contributed by atoms with Crippen molar-refractivity contribution in [2.45, 2.75) is 129 Å². The molecule has 0 unspecified atom stereocenters. The normalized spacial score (nSPS) is 17.5. The summed E-state index contributed by atoms with van der Waals surface area (Å²) in [7, 11) is 0. The first-order valence-electron chi connectivity index (χ1n) is 26.8. The van der Waals surface area contributed by atoms with E-state index in [2.05, 4.69) is 256 Å². The van der Waals surface area contributed by atoms with E-state index >= 15 is 0 Å². The minimum atomic E-state index is -0.0407. The molecule has 8 aromatic carbocycles. The molecule has 13 rings (SSSR count). The highest BCUT2D eigenvalue weighted by atomic mass is 16.3. The van der Waals surface area contributed by atoms with Crippen molar-refractivity contribution in [1.29, 1.82) is 0 Å². The highest BCUT2D eigenvalue weighted by molar-refractivity contribution is 7.00. The van der Waals surface area contributed by atoms with Crippen LogP contribution in [-0.4, -0.2) is 6.71 Å². The second-order valence-electron chi connectivity index (χ2n) is 25.7. The fourth-order valence-corrected chi connectivity index (χ4v) is 14.0. The van der Waals surface area contributed by atoms with Gasteiger partial charge in [-0.25, -0.2) is 0 Å². The number of anilines is 9. The zero-order valence-electron chi connectivity index (χ0n) is 45.0. The summed E-state index contributed by atoms with van der Waals surface area (Å²) in [5.41, 5.74) is 24.8. The van der Waals surface area contributed by atoms with Gasteiger partial charge in [-0.3, -0.25) is 0 Å². The second-order valence-corrected chi connectivity index (χ2v) is 25.7. The summed E-state index contributed by atoms with van der Waals surface area (Å²) >= 11 is 0. The van der Waals surface area contributed by atoms with Crippen molar-refractivity contribution in [3.8, 4) is 0 Å². The molecule has 5 heteroatoms. The van der Waals surface area contributed by atoms with Crippen LogP contribution < -0.4 is 31.1 Å². The number of hydrogen-bond donors (Lipinski definition) is 0. The van der Waals surface area contributed by atoms with Gasteiger partial charge in [-0.15, -0.1) is 0 Å². The molecule has 2 aliphatic heterocycles. The van der Waals surface area contributed by atoms with Crippen molar-refractivity contribution < 1.29 is 4.42 Å². The van der Waals surface area contributed by atoms with Crippen molar-refractivity contribution in [1.82, 2.24) is 0 Å². The van der Waals surface area contributed by atoms with Crippen LogP contribution in [0.2, 0.25) is 0 Å². The van der Waals surface area contributed by atoms with Gasteiger partial charge in [0.15, 0.2) is 5.58 Å². The summed E-state index contributed by atoms with van der Waals surface area (Å²) < 4.78 is 7.21. The van der Waals surface area contributed by atoms with Crippen LogP contribution >= 0.6 is 0 Å². The van der Waals surface area contributed by atoms with E-state index in [-0.39, 0.29) is 33.8 Å². The Morgan fingerprint density at radius 1 is 0.479 bits per heavy atom. The fourth-order valence-electron chi connectivity index (χ4n) is 14.0. The molecule has 0 N–H and O–H groups in total. The van der Waals surface area contributed by atoms with Gasteiger partial charge in [0, 0.05) is 56.3 Å². The molecule has 0 saturated carbocycles. The Morgan fingerprint density at radius 2 is 1.10 bits per heavy atom. The van der Waals surface area contributed by atoms with Crippen molar-refractivity contribution in [3.63, 3.8) is 0 Å². The molecule has 0 radical (unpaired) electrons. The van der Waals surface area contributed by atoms with E-state index in [9.17, 15) is 0 Å². The molecule has 0 amide bonds. The minimum Gasteiger partial charge on any atom is -0.454 e. The Balaban J connectivity index is 1.13. The number of nitrogens with zero attached hydrogens (tertiary/aromatic N) is 3. The Labute approximate surface area is 433 Å². The van der Waals surface area contributed by atoms with Crippen LogP contribution in [0.15, 0.2) is 162 Å². The van der Waals surface area contributed by atoms with Gasteiger partial charge in [0.2, 0.25) is 0 Å². The topological polar surface area (TPSA) is 22.9 Å². The predicted molar refractivity (Wildman–Crippen MR) is 312 cm³/mol. The monoisotopic (exact) mass is 954 g/mol. The molecule has 3 heterocycles. The molecule has 0 bridgehead atoms. The predicted octanol–water partition coefficient (Wildman–Crippen LogP) is 17.1. The summed E-state index contributed by atoms with van der Waals surface area (Å²) in [5.74, 6) is 0. The van der Waals surface area contributed by atoms with Gasteiger partial charge in [0.05, 0.1) is 5.69 Å². The lowest BCUT2D eigenvalue weighted by Crippen LogP contribution is -2.61. The lowest BCUT2D eigenvalue weighted by Gasteiger charge is -2.46. The summed E-state index contributed by atoms with van der Waals surface area (Å²) in [6, 6.07) is 60.2. The number of para-hydroxylation sites is 3. The van der Waals surface area contributed by atoms with Crippen molar-refractivity contribution in [2.24, 2.45) is 0 Å². The van der Waals surface area contributed by atoms with Crippen molar-refractivity contribution in [3.05, 3.63) is 191 Å². The summed E-state index contributed by atoms with van der Waals surface area (Å²) in [4.78, 5) is 7.63. The zero-order valence-corrected chi connectivity index (χ0v) is 45.0. The molecule has 0 saturated heterocycles. The first-order chi connectivity index (χ1) is 34.7. The van der Waals surface area contributed by atoms with E-state index in [0.29, 0.717) is 0 Å². The van der Waals surface area contributed by atoms with Gasteiger partial charge in [0.25, 0.3) is 6.71 Å². The third-order valence-corrected chi connectivity index (χ3v) is 17.6. The highest BCUT2D eigenvalue weighted by Crippen LogP contribution is 2.55. The molecule has 4 aliphatic rings. The molecule has 9 aromatic rings. The van der Waals surface area contributed by atoms with Crippen LogP contribution in [0.25, 0.3) is 21.9 Å². The van der Waals surface area contributed by atoms with E-state index in [1.165, 1.54) is 78.9 Å². The van der Waals surface area contributed by atoms with E-state index in [1.807, 2.05) is 0 Å². The number of fused-ring (bicyclic) bond motifs is 9. The highest BCUT2D eigenvalue weighted by Gasteiger charge is 2.49. The summed E-state index contributed by atoms with van der Waals surface area (Å²) in [6.45, 7) is 28.7. The molecule has 0 atom stereocenters. The van der Waals surface area contributed by atoms with Crippen LogP contribution in [0.4, 0.5) is 51.2 Å². The average molecular weight is 954 g/mol. The van der Waals surface area contributed by atoms with Gasteiger partial charge < -0.3 is 19.1 Å². The van der Waals surface area contributed by atoms with Crippen LogP contribution in [0, 0.1) is 6.92 Å². The maximum atomic E-state index is 7.21. The number of hydrogen-bond acceptors (Lipinski definition) is 4. The number of aryl methyl sites for hydroxylation is 1. The van der Waals surface area contributed by atoms with E-state index in [1.54, 1.807) is 0 Å². The minimum absolute atomic E-state index is 0.0134. The number of benzene rings is 8. The van der Waals surface area contributed by atoms with Crippen molar-refractivity contribution >= 4 is 96.2 Å².